The van der Waals surface area contributed by atoms with Crippen molar-refractivity contribution in [3.05, 3.63) is 59.7 Å². The van der Waals surface area contributed by atoms with E-state index in [4.69, 9.17) is 9.84 Å². The molecule has 2 aliphatic rings. The van der Waals surface area contributed by atoms with Crippen LogP contribution in [0.4, 0.5) is 4.79 Å². The number of aliphatic carboxylic acids is 1. The number of rotatable bonds is 8. The van der Waals surface area contributed by atoms with Gasteiger partial charge in [0.05, 0.1) is 6.04 Å². The molecular weight excluding hydrogens is 426 g/mol. The Morgan fingerprint density at radius 1 is 1.06 bits per heavy atom. The van der Waals surface area contributed by atoms with Crippen LogP contribution in [0.5, 0.6) is 0 Å². The molecule has 1 aliphatic heterocycles. The van der Waals surface area contributed by atoms with Gasteiger partial charge in [-0.2, -0.15) is 0 Å². The van der Waals surface area contributed by atoms with Crippen LogP contribution in [0.25, 0.3) is 11.1 Å². The summed E-state index contributed by atoms with van der Waals surface area (Å²) < 4.78 is 5.47. The van der Waals surface area contributed by atoms with E-state index in [2.05, 4.69) is 16.0 Å². The van der Waals surface area contributed by atoms with Crippen LogP contribution in [0.2, 0.25) is 0 Å². The van der Waals surface area contributed by atoms with Gasteiger partial charge in [0.2, 0.25) is 11.8 Å². The average Bonchev–Trinajstić information content (AvgIpc) is 3.35. The number of fused-ring (bicyclic) bond motifs is 3. The van der Waals surface area contributed by atoms with Crippen molar-refractivity contribution in [2.75, 3.05) is 13.2 Å². The van der Waals surface area contributed by atoms with E-state index in [1.54, 1.807) is 0 Å². The molecular formula is C24H25N3O6. The molecule has 9 nitrogen and oxygen atoms in total. The lowest BCUT2D eigenvalue weighted by Crippen LogP contribution is -2.50. The standard InChI is InChI=1S/C24H25N3O6/c28-21-11-14(12-25-21)26-23(31)20(9-10-22(29)30)27-24(32)33-13-19-17-7-3-1-5-15(17)16-6-2-4-8-18(16)19/h1-8,14,19-20H,9-13H2,(H,25,28)(H,26,31)(H,27,32)(H,29,30). The third kappa shape index (κ3) is 5.14. The first-order chi connectivity index (χ1) is 15.9. The molecule has 0 aromatic heterocycles. The van der Waals surface area contributed by atoms with E-state index < -0.39 is 30.1 Å². The van der Waals surface area contributed by atoms with Crippen LogP contribution in [0.1, 0.15) is 36.3 Å². The molecule has 0 radical (unpaired) electrons. The van der Waals surface area contributed by atoms with Crippen LogP contribution >= 0.6 is 0 Å². The zero-order valence-electron chi connectivity index (χ0n) is 17.9. The van der Waals surface area contributed by atoms with Gasteiger partial charge in [0.15, 0.2) is 0 Å². The van der Waals surface area contributed by atoms with Crippen molar-refractivity contribution in [2.45, 2.75) is 37.3 Å². The van der Waals surface area contributed by atoms with Crippen molar-refractivity contribution in [1.82, 2.24) is 16.0 Å². The Labute approximate surface area is 190 Å². The first kappa shape index (κ1) is 22.3. The zero-order chi connectivity index (χ0) is 23.4. The number of carbonyl (C=O) groups excluding carboxylic acids is 3. The molecule has 2 aromatic rings. The molecule has 33 heavy (non-hydrogen) atoms. The molecule has 2 unspecified atom stereocenters. The van der Waals surface area contributed by atoms with Crippen LogP contribution in [0, 0.1) is 0 Å². The van der Waals surface area contributed by atoms with Crippen LogP contribution in [-0.4, -0.2) is 54.2 Å². The fourth-order valence-corrected chi connectivity index (χ4v) is 4.33. The number of carboxylic acids is 1. The average molecular weight is 451 g/mol. The lowest BCUT2D eigenvalue weighted by molar-refractivity contribution is -0.137. The minimum Gasteiger partial charge on any atom is -0.481 e. The van der Waals surface area contributed by atoms with Gasteiger partial charge in [-0.1, -0.05) is 48.5 Å². The van der Waals surface area contributed by atoms with E-state index in [1.165, 1.54) is 0 Å². The summed E-state index contributed by atoms with van der Waals surface area (Å²) >= 11 is 0. The van der Waals surface area contributed by atoms with E-state index in [1.807, 2.05) is 48.5 Å². The van der Waals surface area contributed by atoms with Crippen LogP contribution in [-0.2, 0) is 19.1 Å². The second-order valence-electron chi connectivity index (χ2n) is 8.17. The summed E-state index contributed by atoms with van der Waals surface area (Å²) in [4.78, 5) is 47.5. The summed E-state index contributed by atoms with van der Waals surface area (Å²) in [6, 6.07) is 14.4. The SMILES string of the molecule is O=C(O)CCC(NC(=O)OCC1c2ccccc2-c2ccccc21)C(=O)NC1CNC(=O)C1. The molecule has 0 spiro atoms. The summed E-state index contributed by atoms with van der Waals surface area (Å²) in [5, 5.41) is 16.8. The summed E-state index contributed by atoms with van der Waals surface area (Å²) in [5.74, 6) is -1.94. The maximum Gasteiger partial charge on any atom is 0.407 e. The Morgan fingerprint density at radius 2 is 1.70 bits per heavy atom. The lowest BCUT2D eigenvalue weighted by atomic mass is 9.98. The predicted octanol–water partition coefficient (Wildman–Crippen LogP) is 1.76. The molecule has 172 valence electrons. The molecule has 4 rings (SSSR count). The first-order valence-corrected chi connectivity index (χ1v) is 10.8. The van der Waals surface area contributed by atoms with E-state index in [-0.39, 0.29) is 37.7 Å². The Bertz CT molecular complexity index is 1040. The van der Waals surface area contributed by atoms with Crippen molar-refractivity contribution >= 4 is 23.9 Å². The first-order valence-electron chi connectivity index (χ1n) is 10.8. The fraction of sp³-hybridized carbons (Fsp3) is 0.333. The van der Waals surface area contributed by atoms with Gasteiger partial charge in [-0.05, 0) is 28.7 Å². The number of ether oxygens (including phenoxy) is 1. The Morgan fingerprint density at radius 3 is 2.27 bits per heavy atom. The van der Waals surface area contributed by atoms with Crippen LogP contribution in [0.15, 0.2) is 48.5 Å². The van der Waals surface area contributed by atoms with Crippen molar-refractivity contribution in [1.29, 1.82) is 0 Å². The van der Waals surface area contributed by atoms with Crippen molar-refractivity contribution < 1.29 is 29.0 Å². The summed E-state index contributed by atoms with van der Waals surface area (Å²) in [6.07, 6.45) is -1.06. The highest BCUT2D eigenvalue weighted by atomic mass is 16.5. The van der Waals surface area contributed by atoms with Gasteiger partial charge in [-0.15, -0.1) is 0 Å². The molecule has 0 saturated carbocycles. The van der Waals surface area contributed by atoms with Crippen LogP contribution in [0.3, 0.4) is 0 Å². The highest BCUT2D eigenvalue weighted by Crippen LogP contribution is 2.44. The third-order valence-corrected chi connectivity index (χ3v) is 5.92. The summed E-state index contributed by atoms with van der Waals surface area (Å²) in [6.45, 7) is 0.370. The maximum atomic E-state index is 12.6. The number of alkyl carbamates (subject to hydrolysis) is 1. The van der Waals surface area contributed by atoms with Gasteiger partial charge in [-0.3, -0.25) is 14.4 Å². The monoisotopic (exact) mass is 451 g/mol. The molecule has 3 amide bonds. The highest BCUT2D eigenvalue weighted by molar-refractivity contribution is 5.88. The normalized spacial score (nSPS) is 17.5. The van der Waals surface area contributed by atoms with Crippen molar-refractivity contribution in [3.63, 3.8) is 0 Å². The van der Waals surface area contributed by atoms with Gasteiger partial charge in [-0.25, -0.2) is 4.79 Å². The molecule has 1 saturated heterocycles. The molecule has 9 heteroatoms. The Balaban J connectivity index is 1.39. The van der Waals surface area contributed by atoms with E-state index >= 15 is 0 Å². The predicted molar refractivity (Wildman–Crippen MR) is 118 cm³/mol. The van der Waals surface area contributed by atoms with Gasteiger partial charge in [0.25, 0.3) is 0 Å². The largest absolute Gasteiger partial charge is 0.481 e. The Kier molecular flexibility index (Phi) is 6.58. The number of hydrogen-bond acceptors (Lipinski definition) is 5. The number of carboxylic acid groups (broad SMARTS) is 1. The molecule has 2 aromatic carbocycles. The smallest absolute Gasteiger partial charge is 0.407 e. The Hall–Kier alpha value is -3.88. The maximum absolute atomic E-state index is 12.6. The number of hydrogen-bond donors (Lipinski definition) is 4. The van der Waals surface area contributed by atoms with Crippen LogP contribution < -0.4 is 16.0 Å². The third-order valence-electron chi connectivity index (χ3n) is 5.92. The van der Waals surface area contributed by atoms with Gasteiger partial charge < -0.3 is 25.8 Å². The second kappa shape index (κ2) is 9.72. The summed E-state index contributed by atoms with van der Waals surface area (Å²) in [5.41, 5.74) is 4.32. The highest BCUT2D eigenvalue weighted by Gasteiger charge is 2.31. The lowest BCUT2D eigenvalue weighted by Gasteiger charge is -2.21. The fourth-order valence-electron chi connectivity index (χ4n) is 4.33. The quantitative estimate of drug-likeness (QED) is 0.483. The topological polar surface area (TPSA) is 134 Å². The molecule has 1 fully saturated rings. The minimum absolute atomic E-state index is 0.0776. The zero-order valence-corrected chi connectivity index (χ0v) is 17.9. The van der Waals surface area contributed by atoms with Gasteiger partial charge in [0, 0.05) is 25.3 Å². The van der Waals surface area contributed by atoms with Gasteiger partial charge >= 0.3 is 12.1 Å². The van der Waals surface area contributed by atoms with Gasteiger partial charge in [0.1, 0.15) is 12.6 Å². The number of benzene rings is 2. The number of nitrogens with one attached hydrogen (secondary N) is 3. The van der Waals surface area contributed by atoms with Crippen molar-refractivity contribution in [2.24, 2.45) is 0 Å². The molecule has 0 bridgehead atoms. The van der Waals surface area contributed by atoms with E-state index in [0.29, 0.717) is 6.54 Å². The molecule has 2 atom stereocenters. The number of carbonyl (C=O) groups is 4. The van der Waals surface area contributed by atoms with Crippen molar-refractivity contribution in [3.8, 4) is 11.1 Å². The molecule has 1 aliphatic carbocycles. The molecule has 1 heterocycles. The second-order valence-corrected chi connectivity index (χ2v) is 8.17. The minimum atomic E-state index is -1.09. The summed E-state index contributed by atoms with van der Waals surface area (Å²) in [7, 11) is 0. The van der Waals surface area contributed by atoms with E-state index in [9.17, 15) is 19.2 Å². The molecule has 4 N–H and O–H groups in total. The number of amides is 3. The van der Waals surface area contributed by atoms with E-state index in [0.717, 1.165) is 22.3 Å².